The first kappa shape index (κ1) is 24.8. The van der Waals surface area contributed by atoms with Crippen LogP contribution in [-0.4, -0.2) is 55.1 Å². The standard InChI is InChI=1S/C24H27FN4O5S/c1-2-24(17-9-11-18(25)12-10-17)22(31)29(23(32)27-24)16-21(30)26-19-7-6-8-20(15-19)35(33,34)28-13-4-3-5-14-28/h6-12,15H,2-5,13-14,16H2,1H3,(H,26,30)(H,27,32)/t24-/m1/s1. The molecule has 0 unspecified atom stereocenters. The van der Waals surface area contributed by atoms with Crippen molar-refractivity contribution < 1.29 is 27.2 Å². The maximum absolute atomic E-state index is 13.4. The number of amides is 4. The van der Waals surface area contributed by atoms with Gasteiger partial charge in [0.2, 0.25) is 15.9 Å². The smallest absolute Gasteiger partial charge is 0.324 e. The number of carbonyl (C=O) groups is 3. The van der Waals surface area contributed by atoms with Gasteiger partial charge in [-0.1, -0.05) is 31.5 Å². The van der Waals surface area contributed by atoms with Crippen LogP contribution in [0.2, 0.25) is 0 Å². The van der Waals surface area contributed by atoms with Gasteiger partial charge >= 0.3 is 6.03 Å². The molecule has 2 aromatic rings. The zero-order valence-corrected chi connectivity index (χ0v) is 20.1. The van der Waals surface area contributed by atoms with E-state index in [1.807, 2.05) is 0 Å². The number of nitrogens with zero attached hydrogens (tertiary/aromatic N) is 2. The molecule has 186 valence electrons. The Morgan fingerprint density at radius 1 is 1.09 bits per heavy atom. The van der Waals surface area contributed by atoms with Gasteiger partial charge in [-0.2, -0.15) is 4.31 Å². The molecule has 11 heteroatoms. The van der Waals surface area contributed by atoms with Crippen molar-refractivity contribution in [3.63, 3.8) is 0 Å². The summed E-state index contributed by atoms with van der Waals surface area (Å²) in [5.74, 6) is -1.75. The van der Waals surface area contributed by atoms with Crippen LogP contribution >= 0.6 is 0 Å². The van der Waals surface area contributed by atoms with Gasteiger partial charge in [-0.05, 0) is 55.2 Å². The number of hydrogen-bond acceptors (Lipinski definition) is 5. The molecule has 0 radical (unpaired) electrons. The molecule has 2 aromatic carbocycles. The fourth-order valence-electron chi connectivity index (χ4n) is 4.48. The number of nitrogens with one attached hydrogen (secondary N) is 2. The van der Waals surface area contributed by atoms with E-state index in [-0.39, 0.29) is 17.0 Å². The second-order valence-corrected chi connectivity index (χ2v) is 10.6. The van der Waals surface area contributed by atoms with Crippen LogP contribution in [0.3, 0.4) is 0 Å². The number of sulfonamides is 1. The zero-order valence-electron chi connectivity index (χ0n) is 19.3. The number of anilines is 1. The maximum atomic E-state index is 13.4. The molecule has 2 aliphatic heterocycles. The molecule has 4 amide bonds. The lowest BCUT2D eigenvalue weighted by Crippen LogP contribution is -2.44. The minimum Gasteiger partial charge on any atom is -0.324 e. The summed E-state index contributed by atoms with van der Waals surface area (Å²) in [6.07, 6.45) is 2.81. The number of urea groups is 1. The first-order valence-corrected chi connectivity index (χ1v) is 12.9. The predicted molar refractivity (Wildman–Crippen MR) is 126 cm³/mol. The number of rotatable bonds is 7. The van der Waals surface area contributed by atoms with Crippen LogP contribution in [0.4, 0.5) is 14.9 Å². The van der Waals surface area contributed by atoms with Gasteiger partial charge in [0, 0.05) is 18.8 Å². The van der Waals surface area contributed by atoms with E-state index in [4.69, 9.17) is 0 Å². The van der Waals surface area contributed by atoms with E-state index in [9.17, 15) is 27.2 Å². The minimum absolute atomic E-state index is 0.0634. The molecule has 9 nitrogen and oxygen atoms in total. The summed E-state index contributed by atoms with van der Waals surface area (Å²) in [5, 5.41) is 5.21. The van der Waals surface area contributed by atoms with Gasteiger partial charge in [-0.15, -0.1) is 0 Å². The average molecular weight is 503 g/mol. The summed E-state index contributed by atoms with van der Waals surface area (Å²) in [6, 6.07) is 10.4. The van der Waals surface area contributed by atoms with Crippen LogP contribution in [0.5, 0.6) is 0 Å². The third kappa shape index (κ3) is 4.78. The van der Waals surface area contributed by atoms with Crippen molar-refractivity contribution in [1.82, 2.24) is 14.5 Å². The fraction of sp³-hybridized carbons (Fsp3) is 0.375. The summed E-state index contributed by atoms with van der Waals surface area (Å²) in [4.78, 5) is 39.4. The van der Waals surface area contributed by atoms with E-state index in [0.717, 1.165) is 24.2 Å². The topological polar surface area (TPSA) is 116 Å². The van der Waals surface area contributed by atoms with Gasteiger partial charge < -0.3 is 10.6 Å². The highest BCUT2D eigenvalue weighted by Crippen LogP contribution is 2.32. The summed E-state index contributed by atoms with van der Waals surface area (Å²) < 4.78 is 40.7. The average Bonchev–Trinajstić information content (AvgIpc) is 3.10. The molecule has 4 rings (SSSR count). The minimum atomic E-state index is -3.69. The highest BCUT2D eigenvalue weighted by Gasteiger charge is 2.51. The molecule has 1 atom stereocenters. The number of imide groups is 1. The third-order valence-electron chi connectivity index (χ3n) is 6.42. The molecular formula is C24H27FN4O5S. The van der Waals surface area contributed by atoms with Gasteiger partial charge in [0.25, 0.3) is 5.91 Å². The maximum Gasteiger partial charge on any atom is 0.325 e. The first-order chi connectivity index (χ1) is 16.7. The molecule has 2 saturated heterocycles. The van der Waals surface area contributed by atoms with Crippen LogP contribution < -0.4 is 10.6 Å². The van der Waals surface area contributed by atoms with Crippen LogP contribution in [0.1, 0.15) is 38.2 Å². The monoisotopic (exact) mass is 502 g/mol. The lowest BCUT2D eigenvalue weighted by molar-refractivity contribution is -0.134. The Labute approximate surface area is 203 Å². The lowest BCUT2D eigenvalue weighted by atomic mass is 9.87. The summed E-state index contributed by atoms with van der Waals surface area (Å²) in [5.41, 5.74) is -0.744. The molecule has 0 saturated carbocycles. The van der Waals surface area contributed by atoms with Crippen molar-refractivity contribution in [1.29, 1.82) is 0 Å². The number of carbonyl (C=O) groups excluding carboxylic acids is 3. The molecule has 0 spiro atoms. The summed E-state index contributed by atoms with van der Waals surface area (Å²) in [6.45, 7) is 2.06. The number of halogens is 1. The second-order valence-electron chi connectivity index (χ2n) is 8.63. The van der Waals surface area contributed by atoms with E-state index < -0.39 is 45.8 Å². The van der Waals surface area contributed by atoms with E-state index in [2.05, 4.69) is 10.6 Å². The highest BCUT2D eigenvalue weighted by molar-refractivity contribution is 7.89. The zero-order chi connectivity index (χ0) is 25.2. The normalized spacial score (nSPS) is 21.1. The molecule has 0 aliphatic carbocycles. The van der Waals surface area contributed by atoms with Crippen LogP contribution in [0.25, 0.3) is 0 Å². The van der Waals surface area contributed by atoms with E-state index in [1.165, 1.54) is 52.8 Å². The highest BCUT2D eigenvalue weighted by atomic mass is 32.2. The van der Waals surface area contributed by atoms with Crippen LogP contribution in [0, 0.1) is 5.82 Å². The van der Waals surface area contributed by atoms with E-state index >= 15 is 0 Å². The van der Waals surface area contributed by atoms with Gasteiger partial charge in [0.1, 0.15) is 17.9 Å². The Bertz CT molecular complexity index is 1240. The van der Waals surface area contributed by atoms with Crippen molar-refractivity contribution in [3.8, 4) is 0 Å². The molecule has 2 aliphatic rings. The number of benzene rings is 2. The lowest BCUT2D eigenvalue weighted by Gasteiger charge is -2.26. The SMILES string of the molecule is CC[C@]1(c2ccc(F)cc2)NC(=O)N(CC(=O)Nc2cccc(S(=O)(=O)N3CCCCC3)c2)C1=O. The number of piperidine rings is 1. The Morgan fingerprint density at radius 3 is 2.43 bits per heavy atom. The van der Waals surface area contributed by atoms with Gasteiger partial charge in [-0.3, -0.25) is 14.5 Å². The Balaban J connectivity index is 1.48. The molecular weight excluding hydrogens is 475 g/mol. The van der Waals surface area contributed by atoms with Crippen molar-refractivity contribution in [2.24, 2.45) is 0 Å². The van der Waals surface area contributed by atoms with Crippen LogP contribution in [0.15, 0.2) is 53.4 Å². The van der Waals surface area contributed by atoms with Gasteiger partial charge in [0.15, 0.2) is 0 Å². The Hall–Kier alpha value is -3.31. The molecule has 0 bridgehead atoms. The van der Waals surface area contributed by atoms with E-state index in [1.54, 1.807) is 6.92 Å². The predicted octanol–water partition coefficient (Wildman–Crippen LogP) is 2.80. The van der Waals surface area contributed by atoms with Crippen molar-refractivity contribution >= 4 is 33.6 Å². The number of hydrogen-bond donors (Lipinski definition) is 2. The molecule has 2 heterocycles. The van der Waals surface area contributed by atoms with E-state index in [0.29, 0.717) is 18.7 Å². The molecule has 35 heavy (non-hydrogen) atoms. The summed E-state index contributed by atoms with van der Waals surface area (Å²) in [7, 11) is -3.69. The fourth-order valence-corrected chi connectivity index (χ4v) is 6.04. The summed E-state index contributed by atoms with van der Waals surface area (Å²) >= 11 is 0. The first-order valence-electron chi connectivity index (χ1n) is 11.5. The van der Waals surface area contributed by atoms with Gasteiger partial charge in [-0.25, -0.2) is 17.6 Å². The molecule has 2 fully saturated rings. The van der Waals surface area contributed by atoms with Crippen molar-refractivity contribution in [3.05, 3.63) is 59.9 Å². The second kappa shape index (κ2) is 9.74. The Morgan fingerprint density at radius 2 is 1.77 bits per heavy atom. The molecule has 2 N–H and O–H groups in total. The Kier molecular flexibility index (Phi) is 6.91. The van der Waals surface area contributed by atoms with Crippen molar-refractivity contribution in [2.45, 2.75) is 43.0 Å². The van der Waals surface area contributed by atoms with Gasteiger partial charge in [0.05, 0.1) is 4.90 Å². The molecule has 0 aromatic heterocycles. The van der Waals surface area contributed by atoms with Crippen molar-refractivity contribution in [2.75, 3.05) is 25.0 Å². The van der Waals surface area contributed by atoms with Crippen LogP contribution in [-0.2, 0) is 25.2 Å². The quantitative estimate of drug-likeness (QED) is 0.565. The third-order valence-corrected chi connectivity index (χ3v) is 8.31. The largest absolute Gasteiger partial charge is 0.325 e.